The molecule has 3 heteroatoms. The summed E-state index contributed by atoms with van der Waals surface area (Å²) < 4.78 is 5.49. The van der Waals surface area contributed by atoms with Crippen LogP contribution < -0.4 is 4.74 Å². The molecule has 2 rings (SSSR count). The van der Waals surface area contributed by atoms with E-state index in [0.29, 0.717) is 18.8 Å². The molecule has 0 bridgehead atoms. The van der Waals surface area contributed by atoms with Gasteiger partial charge in [-0.3, -0.25) is 4.99 Å². The summed E-state index contributed by atoms with van der Waals surface area (Å²) in [4.78, 5) is 4.46. The third-order valence-electron chi connectivity index (χ3n) is 3.24. The highest BCUT2D eigenvalue weighted by atomic mass is 16.5. The van der Waals surface area contributed by atoms with Crippen LogP contribution >= 0.6 is 0 Å². The van der Waals surface area contributed by atoms with Crippen LogP contribution in [0.3, 0.4) is 0 Å². The molecule has 0 heterocycles. The third kappa shape index (κ3) is 3.98. The zero-order valence-electron chi connectivity index (χ0n) is 13.0. The summed E-state index contributed by atoms with van der Waals surface area (Å²) in [6.45, 7) is 8.15. The van der Waals surface area contributed by atoms with E-state index < -0.39 is 0 Å². The molecular weight excluding hydrogens is 274 g/mol. The van der Waals surface area contributed by atoms with Crippen LogP contribution in [0.15, 0.2) is 54.0 Å². The summed E-state index contributed by atoms with van der Waals surface area (Å²) >= 11 is 0. The number of phenols is 1. The van der Waals surface area contributed by atoms with Crippen LogP contribution in [-0.4, -0.2) is 17.9 Å². The lowest BCUT2D eigenvalue weighted by Crippen LogP contribution is -1.96. The Morgan fingerprint density at radius 3 is 2.59 bits per heavy atom. The Morgan fingerprint density at radius 2 is 1.95 bits per heavy atom. The van der Waals surface area contributed by atoms with Crippen molar-refractivity contribution in [3.8, 4) is 11.5 Å². The van der Waals surface area contributed by atoms with Gasteiger partial charge < -0.3 is 9.84 Å². The highest BCUT2D eigenvalue weighted by Crippen LogP contribution is 2.32. The smallest absolute Gasteiger partial charge is 0.161 e. The predicted octanol–water partition coefficient (Wildman–Crippen LogP) is 4.58. The monoisotopic (exact) mass is 295 g/mol. The minimum Gasteiger partial charge on any atom is -0.504 e. The minimum atomic E-state index is 0.175. The van der Waals surface area contributed by atoms with E-state index >= 15 is 0 Å². The molecule has 0 saturated heterocycles. The summed E-state index contributed by atoms with van der Waals surface area (Å²) in [5, 5.41) is 10.2. The van der Waals surface area contributed by atoms with E-state index in [1.807, 2.05) is 44.2 Å². The normalized spacial score (nSPS) is 10.8. The number of nitrogens with zero attached hydrogens (tertiary/aromatic N) is 1. The summed E-state index contributed by atoms with van der Waals surface area (Å²) in [6.07, 6.45) is 4.11. The topological polar surface area (TPSA) is 41.8 Å². The number of aryl methyl sites for hydroxylation is 1. The fourth-order valence-corrected chi connectivity index (χ4v) is 2.12. The van der Waals surface area contributed by atoms with Crippen LogP contribution in [0.4, 0.5) is 5.69 Å². The van der Waals surface area contributed by atoms with E-state index in [9.17, 15) is 5.11 Å². The largest absolute Gasteiger partial charge is 0.504 e. The molecule has 2 aromatic rings. The average molecular weight is 295 g/mol. The maximum absolute atomic E-state index is 10.2. The van der Waals surface area contributed by atoms with Gasteiger partial charge >= 0.3 is 0 Å². The molecule has 0 amide bonds. The fourth-order valence-electron chi connectivity index (χ4n) is 2.12. The third-order valence-corrected chi connectivity index (χ3v) is 3.24. The van der Waals surface area contributed by atoms with Gasteiger partial charge in [-0.1, -0.05) is 23.8 Å². The first-order valence-corrected chi connectivity index (χ1v) is 7.34. The molecule has 22 heavy (non-hydrogen) atoms. The van der Waals surface area contributed by atoms with Crippen molar-refractivity contribution >= 4 is 11.9 Å². The summed E-state index contributed by atoms with van der Waals surface area (Å²) in [7, 11) is 0. The van der Waals surface area contributed by atoms with E-state index in [2.05, 4.69) is 11.6 Å². The molecule has 0 spiro atoms. The molecule has 0 aliphatic heterocycles. The lowest BCUT2D eigenvalue weighted by Gasteiger charge is -2.10. The summed E-state index contributed by atoms with van der Waals surface area (Å²) in [5.74, 6) is 0.654. The van der Waals surface area contributed by atoms with Gasteiger partial charge in [0.2, 0.25) is 0 Å². The van der Waals surface area contributed by atoms with Gasteiger partial charge in [0.1, 0.15) is 0 Å². The SMILES string of the molecule is C=CCc1cc(C=Nc2ccc(C)cc2)cc(OCC)c1O. The Hall–Kier alpha value is -2.55. The molecule has 3 nitrogen and oxygen atoms in total. The minimum absolute atomic E-state index is 0.175. The predicted molar refractivity (Wildman–Crippen MR) is 91.6 cm³/mol. The Bertz CT molecular complexity index is 673. The van der Waals surface area contributed by atoms with Crippen LogP contribution in [0.2, 0.25) is 0 Å². The molecule has 0 fully saturated rings. The van der Waals surface area contributed by atoms with Crippen molar-refractivity contribution in [3.63, 3.8) is 0 Å². The molecule has 0 aliphatic rings. The number of phenolic OH excluding ortho intramolecular Hbond substituents is 1. The zero-order chi connectivity index (χ0) is 15.9. The molecular formula is C19H21NO2. The van der Waals surface area contributed by atoms with E-state index in [-0.39, 0.29) is 5.75 Å². The number of hydrogen-bond acceptors (Lipinski definition) is 3. The van der Waals surface area contributed by atoms with E-state index in [4.69, 9.17) is 4.74 Å². The van der Waals surface area contributed by atoms with Crippen LogP contribution in [-0.2, 0) is 6.42 Å². The Balaban J connectivity index is 2.32. The molecule has 0 aromatic heterocycles. The molecule has 114 valence electrons. The van der Waals surface area contributed by atoms with Crippen molar-refractivity contribution < 1.29 is 9.84 Å². The zero-order valence-corrected chi connectivity index (χ0v) is 13.0. The van der Waals surface area contributed by atoms with Gasteiger partial charge in [0.05, 0.1) is 12.3 Å². The maximum Gasteiger partial charge on any atom is 0.161 e. The van der Waals surface area contributed by atoms with Crippen molar-refractivity contribution in [3.05, 3.63) is 65.7 Å². The first kappa shape index (κ1) is 15.8. The molecule has 1 N–H and O–H groups in total. The van der Waals surface area contributed by atoms with E-state index in [1.165, 1.54) is 5.56 Å². The Morgan fingerprint density at radius 1 is 1.23 bits per heavy atom. The fraction of sp³-hybridized carbons (Fsp3) is 0.211. The number of aliphatic imine (C=N–C) groups is 1. The van der Waals surface area contributed by atoms with Gasteiger partial charge in [-0.2, -0.15) is 0 Å². The van der Waals surface area contributed by atoms with E-state index in [1.54, 1.807) is 18.4 Å². The lowest BCUT2D eigenvalue weighted by molar-refractivity contribution is 0.317. The first-order valence-electron chi connectivity index (χ1n) is 7.34. The van der Waals surface area contributed by atoms with Gasteiger partial charge in [0, 0.05) is 11.8 Å². The average Bonchev–Trinajstić information content (AvgIpc) is 2.51. The van der Waals surface area contributed by atoms with Gasteiger partial charge in [-0.15, -0.1) is 6.58 Å². The van der Waals surface area contributed by atoms with Crippen molar-refractivity contribution in [1.29, 1.82) is 0 Å². The van der Waals surface area contributed by atoms with Crippen LogP contribution in [0.1, 0.15) is 23.6 Å². The molecule has 0 aliphatic carbocycles. The lowest BCUT2D eigenvalue weighted by atomic mass is 10.1. The second kappa shape index (κ2) is 7.46. The van der Waals surface area contributed by atoms with Gasteiger partial charge in [0.25, 0.3) is 0 Å². The number of hydrogen-bond donors (Lipinski definition) is 1. The van der Waals surface area contributed by atoms with Gasteiger partial charge in [-0.05, 0) is 50.1 Å². The number of allylic oxidation sites excluding steroid dienone is 1. The number of aromatic hydroxyl groups is 1. The van der Waals surface area contributed by atoms with Crippen LogP contribution in [0.5, 0.6) is 11.5 Å². The molecule has 0 atom stereocenters. The molecule has 2 aromatic carbocycles. The quantitative estimate of drug-likeness (QED) is 0.626. The first-order chi connectivity index (χ1) is 10.6. The van der Waals surface area contributed by atoms with Gasteiger partial charge in [-0.25, -0.2) is 0 Å². The number of ether oxygens (including phenoxy) is 1. The van der Waals surface area contributed by atoms with Crippen LogP contribution in [0, 0.1) is 6.92 Å². The van der Waals surface area contributed by atoms with Gasteiger partial charge in [0.15, 0.2) is 11.5 Å². The molecule has 0 unspecified atom stereocenters. The summed E-state index contributed by atoms with van der Waals surface area (Å²) in [6, 6.07) is 11.7. The second-order valence-corrected chi connectivity index (χ2v) is 5.05. The number of benzene rings is 2. The highest BCUT2D eigenvalue weighted by molar-refractivity contribution is 5.83. The Kier molecular flexibility index (Phi) is 5.37. The number of rotatable bonds is 6. The van der Waals surface area contributed by atoms with Crippen molar-refractivity contribution in [2.24, 2.45) is 4.99 Å². The highest BCUT2D eigenvalue weighted by Gasteiger charge is 2.09. The summed E-state index contributed by atoms with van der Waals surface area (Å²) in [5.41, 5.74) is 3.77. The maximum atomic E-state index is 10.2. The molecule has 0 radical (unpaired) electrons. The van der Waals surface area contributed by atoms with E-state index in [0.717, 1.165) is 16.8 Å². The Labute approximate surface area is 131 Å². The van der Waals surface area contributed by atoms with Crippen molar-refractivity contribution in [1.82, 2.24) is 0 Å². The second-order valence-electron chi connectivity index (χ2n) is 5.05. The van der Waals surface area contributed by atoms with Crippen LogP contribution in [0.25, 0.3) is 0 Å². The molecule has 0 saturated carbocycles. The van der Waals surface area contributed by atoms with Crippen molar-refractivity contribution in [2.75, 3.05) is 6.61 Å². The van der Waals surface area contributed by atoms with Crippen molar-refractivity contribution in [2.45, 2.75) is 20.3 Å². The standard InChI is InChI=1S/C19H21NO2/c1-4-6-16-11-15(12-18(19(16)21)22-5-2)13-20-17-9-7-14(3)8-10-17/h4,7-13,21H,1,5-6H2,2-3H3.